The van der Waals surface area contributed by atoms with Crippen LogP contribution in [0.5, 0.6) is 0 Å². The molecule has 0 radical (unpaired) electrons. The van der Waals surface area contributed by atoms with Crippen molar-refractivity contribution in [3.05, 3.63) is 119 Å². The number of aromatic nitrogens is 1. The lowest BCUT2D eigenvalue weighted by molar-refractivity contribution is 1.31. The molecule has 1 aromatic heterocycles. The van der Waals surface area contributed by atoms with Gasteiger partial charge in [-0.3, -0.25) is 0 Å². The Kier molecular flexibility index (Phi) is 5.93. The molecule has 0 saturated carbocycles. The summed E-state index contributed by atoms with van der Waals surface area (Å²) in [5, 5.41) is 2.49. The van der Waals surface area contributed by atoms with Gasteiger partial charge in [0.1, 0.15) is 0 Å². The lowest BCUT2D eigenvalue weighted by Gasteiger charge is -2.13. The molecule has 0 aliphatic heterocycles. The van der Waals surface area contributed by atoms with E-state index in [0.717, 1.165) is 27.0 Å². The Morgan fingerprint density at radius 2 is 1.39 bits per heavy atom. The van der Waals surface area contributed by atoms with Crippen LogP contribution >= 0.6 is 15.9 Å². The second kappa shape index (κ2) is 9.17. The van der Waals surface area contributed by atoms with E-state index in [1.807, 2.05) is 6.92 Å². The number of hydrogen-bond acceptors (Lipinski definition) is 1. The molecule has 5 aromatic rings. The van der Waals surface area contributed by atoms with Crippen LogP contribution in [0.2, 0.25) is 0 Å². The number of rotatable bonds is 4. The molecule has 0 saturated heterocycles. The molecule has 0 fully saturated rings. The lowest BCUT2D eigenvalue weighted by atomic mass is 9.95. The standard InChI is InChI=1S/C31H24BrN/c1-3-7-22-12-13-25(18-21(22)2)31-20-26(19-30(33-31)24-14-16-27(32)17-15-24)29-11-6-9-23-8-4-5-10-28(23)29/h3-20H,1-2H3/b7-3-. The maximum Gasteiger partial charge on any atom is 0.0715 e. The molecule has 0 aliphatic carbocycles. The summed E-state index contributed by atoms with van der Waals surface area (Å²) in [4.78, 5) is 5.09. The molecule has 33 heavy (non-hydrogen) atoms. The number of allylic oxidation sites excluding steroid dienone is 1. The Hall–Kier alpha value is -3.49. The molecule has 0 spiro atoms. The SMILES string of the molecule is C/C=C\c1ccc(-c2cc(-c3cccc4ccccc34)cc(-c3ccc(Br)cc3)n2)cc1C. The summed E-state index contributed by atoms with van der Waals surface area (Å²) in [6.07, 6.45) is 4.22. The van der Waals surface area contributed by atoms with E-state index in [1.165, 1.54) is 33.0 Å². The number of hydrogen-bond donors (Lipinski definition) is 0. The van der Waals surface area contributed by atoms with E-state index in [4.69, 9.17) is 4.98 Å². The van der Waals surface area contributed by atoms with Gasteiger partial charge in [0.25, 0.3) is 0 Å². The van der Waals surface area contributed by atoms with E-state index in [1.54, 1.807) is 0 Å². The molecule has 0 amide bonds. The van der Waals surface area contributed by atoms with Crippen molar-refractivity contribution in [2.75, 3.05) is 0 Å². The topological polar surface area (TPSA) is 12.9 Å². The number of aryl methyl sites for hydroxylation is 1. The predicted octanol–water partition coefficient (Wildman–Crippen LogP) is 9.34. The molecule has 0 unspecified atom stereocenters. The summed E-state index contributed by atoms with van der Waals surface area (Å²) in [6, 6.07) is 34.4. The summed E-state index contributed by atoms with van der Waals surface area (Å²) in [7, 11) is 0. The number of halogens is 1. The largest absolute Gasteiger partial charge is 0.248 e. The third-order valence-electron chi connectivity index (χ3n) is 5.98. The summed E-state index contributed by atoms with van der Waals surface area (Å²) >= 11 is 3.55. The molecule has 2 heteroatoms. The van der Waals surface area contributed by atoms with E-state index in [-0.39, 0.29) is 0 Å². The highest BCUT2D eigenvalue weighted by Gasteiger charge is 2.12. The molecule has 0 N–H and O–H groups in total. The molecular formula is C31H24BrN. The van der Waals surface area contributed by atoms with Gasteiger partial charge in [0.2, 0.25) is 0 Å². The fraction of sp³-hybridized carbons (Fsp3) is 0.0645. The Balaban J connectivity index is 1.73. The van der Waals surface area contributed by atoms with Crippen molar-refractivity contribution >= 4 is 32.8 Å². The first-order valence-electron chi connectivity index (χ1n) is 11.1. The van der Waals surface area contributed by atoms with Crippen LogP contribution in [0.3, 0.4) is 0 Å². The fourth-order valence-electron chi connectivity index (χ4n) is 4.28. The molecule has 4 aromatic carbocycles. The van der Waals surface area contributed by atoms with Gasteiger partial charge in [-0.1, -0.05) is 94.8 Å². The maximum atomic E-state index is 5.09. The average Bonchev–Trinajstić information content (AvgIpc) is 2.85. The quantitative estimate of drug-likeness (QED) is 0.245. The van der Waals surface area contributed by atoms with Crippen molar-refractivity contribution < 1.29 is 0 Å². The zero-order chi connectivity index (χ0) is 22.8. The average molecular weight is 490 g/mol. The highest BCUT2D eigenvalue weighted by Crippen LogP contribution is 2.34. The molecule has 5 rings (SSSR count). The second-order valence-corrected chi connectivity index (χ2v) is 9.15. The maximum absolute atomic E-state index is 5.09. The van der Waals surface area contributed by atoms with E-state index in [9.17, 15) is 0 Å². The van der Waals surface area contributed by atoms with Gasteiger partial charge in [0, 0.05) is 15.6 Å². The smallest absolute Gasteiger partial charge is 0.0715 e. The minimum absolute atomic E-state index is 0.970. The summed E-state index contributed by atoms with van der Waals surface area (Å²) < 4.78 is 1.06. The summed E-state index contributed by atoms with van der Waals surface area (Å²) in [5.74, 6) is 0. The van der Waals surface area contributed by atoms with Crippen molar-refractivity contribution in [3.63, 3.8) is 0 Å². The van der Waals surface area contributed by atoms with E-state index < -0.39 is 0 Å². The van der Waals surface area contributed by atoms with Crippen LogP contribution in [0.25, 0.3) is 50.5 Å². The number of pyridine rings is 1. The van der Waals surface area contributed by atoms with Crippen molar-refractivity contribution in [2.45, 2.75) is 13.8 Å². The van der Waals surface area contributed by atoms with Gasteiger partial charge < -0.3 is 0 Å². The van der Waals surface area contributed by atoms with Crippen LogP contribution in [-0.2, 0) is 0 Å². The van der Waals surface area contributed by atoms with Crippen molar-refractivity contribution in [1.82, 2.24) is 4.98 Å². The second-order valence-electron chi connectivity index (χ2n) is 8.23. The van der Waals surface area contributed by atoms with Crippen molar-refractivity contribution in [1.29, 1.82) is 0 Å². The summed E-state index contributed by atoms with van der Waals surface area (Å²) in [6.45, 7) is 4.20. The van der Waals surface area contributed by atoms with Crippen LogP contribution in [0.15, 0.2) is 108 Å². The first-order valence-corrected chi connectivity index (χ1v) is 11.9. The minimum atomic E-state index is 0.970. The van der Waals surface area contributed by atoms with Gasteiger partial charge in [0.05, 0.1) is 11.4 Å². The minimum Gasteiger partial charge on any atom is -0.248 e. The normalized spacial score (nSPS) is 11.4. The van der Waals surface area contributed by atoms with Crippen LogP contribution in [-0.4, -0.2) is 4.98 Å². The van der Waals surface area contributed by atoms with Crippen molar-refractivity contribution in [2.24, 2.45) is 0 Å². The van der Waals surface area contributed by atoms with Crippen LogP contribution < -0.4 is 0 Å². The van der Waals surface area contributed by atoms with Gasteiger partial charge in [0.15, 0.2) is 0 Å². The third-order valence-corrected chi connectivity index (χ3v) is 6.51. The molecule has 1 nitrogen and oxygen atoms in total. The van der Waals surface area contributed by atoms with Crippen molar-refractivity contribution in [3.8, 4) is 33.6 Å². The highest BCUT2D eigenvalue weighted by atomic mass is 79.9. The number of benzene rings is 4. The first kappa shape index (κ1) is 21.4. The van der Waals surface area contributed by atoms with Crippen LogP contribution in [0, 0.1) is 6.92 Å². The monoisotopic (exact) mass is 489 g/mol. The lowest BCUT2D eigenvalue weighted by Crippen LogP contribution is -1.93. The molecular weight excluding hydrogens is 466 g/mol. The molecule has 0 bridgehead atoms. The van der Waals surface area contributed by atoms with Crippen LogP contribution in [0.1, 0.15) is 18.1 Å². The number of fused-ring (bicyclic) bond motifs is 1. The van der Waals surface area contributed by atoms with E-state index >= 15 is 0 Å². The Morgan fingerprint density at radius 3 is 2.15 bits per heavy atom. The van der Waals surface area contributed by atoms with E-state index in [2.05, 4.69) is 132 Å². The fourth-order valence-corrected chi connectivity index (χ4v) is 4.55. The van der Waals surface area contributed by atoms with Gasteiger partial charge >= 0.3 is 0 Å². The predicted molar refractivity (Wildman–Crippen MR) is 145 cm³/mol. The van der Waals surface area contributed by atoms with Gasteiger partial charge in [-0.25, -0.2) is 4.98 Å². The van der Waals surface area contributed by atoms with Crippen LogP contribution in [0.4, 0.5) is 0 Å². The van der Waals surface area contributed by atoms with Gasteiger partial charge in [-0.05, 0) is 77.2 Å². The first-order chi connectivity index (χ1) is 16.1. The molecule has 0 atom stereocenters. The van der Waals surface area contributed by atoms with E-state index in [0.29, 0.717) is 0 Å². The Morgan fingerprint density at radius 1 is 0.697 bits per heavy atom. The van der Waals surface area contributed by atoms with Gasteiger partial charge in [-0.2, -0.15) is 0 Å². The summed E-state index contributed by atoms with van der Waals surface area (Å²) in [5.41, 5.74) is 9.05. The molecule has 160 valence electrons. The Bertz CT molecular complexity index is 1470. The zero-order valence-corrected chi connectivity index (χ0v) is 20.3. The third kappa shape index (κ3) is 4.40. The zero-order valence-electron chi connectivity index (χ0n) is 18.7. The number of nitrogens with zero attached hydrogens (tertiary/aromatic N) is 1. The molecule has 0 aliphatic rings. The molecule has 1 heterocycles. The highest BCUT2D eigenvalue weighted by molar-refractivity contribution is 9.10. The Labute approximate surface area is 203 Å². The van der Waals surface area contributed by atoms with Gasteiger partial charge in [-0.15, -0.1) is 0 Å².